The summed E-state index contributed by atoms with van der Waals surface area (Å²) in [6.07, 6.45) is 7.79. The topological polar surface area (TPSA) is 20.2 Å². The van der Waals surface area contributed by atoms with E-state index in [1.54, 1.807) is 0 Å². The molecular weight excluding hydrogens is 280 g/mol. The Hall–Kier alpha value is 0.137. The molecule has 0 aliphatic heterocycles. The lowest BCUT2D eigenvalue weighted by Crippen LogP contribution is -2.55. The van der Waals surface area contributed by atoms with E-state index in [9.17, 15) is 5.11 Å². The summed E-state index contributed by atoms with van der Waals surface area (Å²) in [5.41, 5.74) is 0. The largest absolute Gasteiger partial charge is 0.388 e. The molecule has 3 heteroatoms. The van der Waals surface area contributed by atoms with Crippen molar-refractivity contribution in [3.63, 3.8) is 0 Å². The van der Waals surface area contributed by atoms with Gasteiger partial charge in [-0.3, -0.25) is 0 Å². The standard InChI is InChI=1S/C13H23BrOSi/c1-12(2,3)16(4,5)13(10-14)9-7-6-8-11(13)15/h6-9,11,15H,10H2,1-5H3. The minimum absolute atomic E-state index is 0.0972. The maximum absolute atomic E-state index is 10.4. The summed E-state index contributed by atoms with van der Waals surface area (Å²) in [7, 11) is -1.65. The first-order chi connectivity index (χ1) is 7.19. The molecule has 1 rings (SSSR count). The Balaban J connectivity index is 3.25. The highest BCUT2D eigenvalue weighted by Gasteiger charge is 2.54. The molecule has 1 N–H and O–H groups in total. The van der Waals surface area contributed by atoms with Gasteiger partial charge in [-0.1, -0.05) is 74.1 Å². The summed E-state index contributed by atoms with van der Waals surface area (Å²) in [5, 5.41) is 11.4. The highest BCUT2D eigenvalue weighted by molar-refractivity contribution is 9.09. The first kappa shape index (κ1) is 14.2. The molecular formula is C13H23BrOSi. The van der Waals surface area contributed by atoms with Crippen molar-refractivity contribution < 1.29 is 5.11 Å². The van der Waals surface area contributed by atoms with Crippen LogP contribution >= 0.6 is 15.9 Å². The fraction of sp³-hybridized carbons (Fsp3) is 0.692. The van der Waals surface area contributed by atoms with Crippen LogP contribution in [-0.4, -0.2) is 24.6 Å². The van der Waals surface area contributed by atoms with Crippen LogP contribution in [0.5, 0.6) is 0 Å². The van der Waals surface area contributed by atoms with E-state index in [4.69, 9.17) is 0 Å². The van der Waals surface area contributed by atoms with E-state index in [0.717, 1.165) is 5.33 Å². The zero-order valence-electron chi connectivity index (χ0n) is 10.9. The van der Waals surface area contributed by atoms with Crippen LogP contribution in [0.2, 0.25) is 23.2 Å². The number of rotatable bonds is 2. The van der Waals surface area contributed by atoms with Gasteiger partial charge < -0.3 is 5.11 Å². The summed E-state index contributed by atoms with van der Waals surface area (Å²) in [5.74, 6) is 0. The quantitative estimate of drug-likeness (QED) is 0.601. The smallest absolute Gasteiger partial charge is 0.0798 e. The molecule has 0 bridgehead atoms. The third-order valence-electron chi connectivity index (χ3n) is 4.59. The molecule has 0 spiro atoms. The second-order valence-electron chi connectivity index (χ2n) is 6.24. The SMILES string of the molecule is CC(C)(C)[Si](C)(C)C1(CBr)C=CC=CC1O. The van der Waals surface area contributed by atoms with Gasteiger partial charge in [0.1, 0.15) is 0 Å². The number of allylic oxidation sites excluding steroid dienone is 2. The minimum atomic E-state index is -1.65. The molecule has 0 heterocycles. The van der Waals surface area contributed by atoms with E-state index < -0.39 is 8.07 Å². The van der Waals surface area contributed by atoms with E-state index in [1.165, 1.54) is 0 Å². The normalized spacial score (nSPS) is 30.8. The number of hydrogen-bond donors (Lipinski definition) is 1. The van der Waals surface area contributed by atoms with Crippen molar-refractivity contribution in [2.75, 3.05) is 5.33 Å². The molecule has 0 fully saturated rings. The lowest BCUT2D eigenvalue weighted by Gasteiger charge is -2.52. The van der Waals surface area contributed by atoms with Gasteiger partial charge in [-0.05, 0) is 5.04 Å². The van der Waals surface area contributed by atoms with Crippen LogP contribution in [0.4, 0.5) is 0 Å². The van der Waals surface area contributed by atoms with Gasteiger partial charge in [0.2, 0.25) is 0 Å². The molecule has 2 atom stereocenters. The van der Waals surface area contributed by atoms with Crippen LogP contribution in [0.1, 0.15) is 20.8 Å². The fourth-order valence-electron chi connectivity index (χ4n) is 2.23. The van der Waals surface area contributed by atoms with E-state index in [1.807, 2.05) is 12.2 Å². The molecule has 92 valence electrons. The van der Waals surface area contributed by atoms with Crippen molar-refractivity contribution in [1.82, 2.24) is 0 Å². The monoisotopic (exact) mass is 302 g/mol. The van der Waals surface area contributed by atoms with E-state index in [2.05, 4.69) is 61.9 Å². The molecule has 0 aromatic heterocycles. The number of hydrogen-bond acceptors (Lipinski definition) is 1. The van der Waals surface area contributed by atoms with E-state index in [0.29, 0.717) is 0 Å². The predicted octanol–water partition coefficient (Wildman–Crippen LogP) is 4.12. The summed E-state index contributed by atoms with van der Waals surface area (Å²) in [4.78, 5) is 0. The summed E-state index contributed by atoms with van der Waals surface area (Å²) in [6.45, 7) is 11.6. The molecule has 0 saturated heterocycles. The maximum Gasteiger partial charge on any atom is 0.0798 e. The molecule has 1 aliphatic carbocycles. The molecule has 0 amide bonds. The number of alkyl halides is 1. The van der Waals surface area contributed by atoms with Crippen molar-refractivity contribution in [3.8, 4) is 0 Å². The van der Waals surface area contributed by atoms with Crippen LogP contribution in [0, 0.1) is 0 Å². The Morgan fingerprint density at radius 3 is 2.25 bits per heavy atom. The average molecular weight is 303 g/mol. The Morgan fingerprint density at radius 2 is 1.88 bits per heavy atom. The van der Waals surface area contributed by atoms with Crippen LogP contribution in [0.15, 0.2) is 24.3 Å². The maximum atomic E-state index is 10.4. The summed E-state index contributed by atoms with van der Waals surface area (Å²) >= 11 is 3.63. The van der Waals surface area contributed by atoms with Crippen LogP contribution in [0.3, 0.4) is 0 Å². The molecule has 0 radical (unpaired) electrons. The van der Waals surface area contributed by atoms with Crippen molar-refractivity contribution in [2.24, 2.45) is 0 Å². The van der Waals surface area contributed by atoms with Gasteiger partial charge in [0.05, 0.1) is 14.2 Å². The Bertz CT molecular complexity index is 314. The number of halogens is 1. The lowest BCUT2D eigenvalue weighted by molar-refractivity contribution is 0.187. The second kappa shape index (κ2) is 4.43. The molecule has 0 aromatic rings. The summed E-state index contributed by atoms with van der Waals surface area (Å²) in [6, 6.07) is 0. The lowest BCUT2D eigenvalue weighted by atomic mass is 9.98. The highest BCUT2D eigenvalue weighted by Crippen LogP contribution is 2.56. The summed E-state index contributed by atoms with van der Waals surface area (Å²) < 4.78 is 0. The zero-order chi connectivity index (χ0) is 12.6. The first-order valence-electron chi connectivity index (χ1n) is 5.79. The zero-order valence-corrected chi connectivity index (χ0v) is 13.5. The van der Waals surface area contributed by atoms with Gasteiger partial charge in [-0.25, -0.2) is 0 Å². The molecule has 0 saturated carbocycles. The minimum Gasteiger partial charge on any atom is -0.388 e. The van der Waals surface area contributed by atoms with Gasteiger partial charge in [-0.15, -0.1) is 0 Å². The van der Waals surface area contributed by atoms with Crippen LogP contribution in [0.25, 0.3) is 0 Å². The third-order valence-corrected chi connectivity index (χ3v) is 12.7. The average Bonchev–Trinajstić information content (AvgIpc) is 2.16. The van der Waals surface area contributed by atoms with Gasteiger partial charge in [0, 0.05) is 10.4 Å². The van der Waals surface area contributed by atoms with Crippen LogP contribution in [-0.2, 0) is 0 Å². The predicted molar refractivity (Wildman–Crippen MR) is 78.0 cm³/mol. The first-order valence-corrected chi connectivity index (χ1v) is 9.91. The highest BCUT2D eigenvalue weighted by atomic mass is 79.9. The van der Waals surface area contributed by atoms with E-state index >= 15 is 0 Å². The Labute approximate surface area is 109 Å². The van der Waals surface area contributed by atoms with Crippen molar-refractivity contribution in [1.29, 1.82) is 0 Å². The number of aliphatic hydroxyl groups is 1. The fourth-order valence-corrected chi connectivity index (χ4v) is 7.93. The van der Waals surface area contributed by atoms with Gasteiger partial charge in [0.15, 0.2) is 0 Å². The molecule has 2 unspecified atom stereocenters. The van der Waals surface area contributed by atoms with Gasteiger partial charge in [0.25, 0.3) is 0 Å². The van der Waals surface area contributed by atoms with E-state index in [-0.39, 0.29) is 16.2 Å². The van der Waals surface area contributed by atoms with Gasteiger partial charge >= 0.3 is 0 Å². The van der Waals surface area contributed by atoms with Crippen molar-refractivity contribution >= 4 is 24.0 Å². The Kier molecular flexibility index (Phi) is 3.93. The number of aliphatic hydroxyl groups excluding tert-OH is 1. The molecule has 0 aromatic carbocycles. The van der Waals surface area contributed by atoms with Crippen LogP contribution < -0.4 is 0 Å². The third kappa shape index (κ3) is 1.98. The second-order valence-corrected chi connectivity index (χ2v) is 12.5. The van der Waals surface area contributed by atoms with Gasteiger partial charge in [-0.2, -0.15) is 0 Å². The molecule has 16 heavy (non-hydrogen) atoms. The molecule has 1 nitrogen and oxygen atoms in total. The van der Waals surface area contributed by atoms with Crippen molar-refractivity contribution in [3.05, 3.63) is 24.3 Å². The Morgan fingerprint density at radius 1 is 1.31 bits per heavy atom. The van der Waals surface area contributed by atoms with Crippen molar-refractivity contribution in [2.45, 2.75) is 50.0 Å². The molecule has 1 aliphatic rings.